The van der Waals surface area contributed by atoms with Gasteiger partial charge in [0.25, 0.3) is 0 Å². The van der Waals surface area contributed by atoms with Crippen LogP contribution in [0.4, 0.5) is 0 Å². The highest BCUT2D eigenvalue weighted by atomic mass is 32.2. The molecule has 0 amide bonds. The van der Waals surface area contributed by atoms with Gasteiger partial charge in [-0.1, -0.05) is 31.7 Å². The highest BCUT2D eigenvalue weighted by Crippen LogP contribution is 2.18. The summed E-state index contributed by atoms with van der Waals surface area (Å²) in [6.45, 7) is 4.40. The van der Waals surface area contributed by atoms with Crippen molar-refractivity contribution in [2.75, 3.05) is 5.75 Å². The van der Waals surface area contributed by atoms with Crippen molar-refractivity contribution in [1.82, 2.24) is 15.2 Å². The fraction of sp³-hybridized carbons (Fsp3) is 0.455. The molecule has 5 heteroatoms. The van der Waals surface area contributed by atoms with E-state index in [-0.39, 0.29) is 0 Å². The van der Waals surface area contributed by atoms with Crippen LogP contribution >= 0.6 is 23.1 Å². The fourth-order valence-corrected chi connectivity index (χ4v) is 2.72. The summed E-state index contributed by atoms with van der Waals surface area (Å²) in [5.41, 5.74) is 0. The second-order valence-electron chi connectivity index (χ2n) is 4.03. The average molecular weight is 253 g/mol. The molecule has 2 aromatic heterocycles. The van der Waals surface area contributed by atoms with Gasteiger partial charge in [0, 0.05) is 17.1 Å². The Kier molecular flexibility index (Phi) is 4.01. The number of aromatic amines is 1. The number of nitrogens with one attached hydrogen (secondary N) is 1. The van der Waals surface area contributed by atoms with Gasteiger partial charge in [-0.15, -0.1) is 16.4 Å². The van der Waals surface area contributed by atoms with Crippen molar-refractivity contribution in [1.29, 1.82) is 0 Å². The van der Waals surface area contributed by atoms with Gasteiger partial charge in [-0.05, 0) is 17.4 Å². The molecule has 0 aliphatic carbocycles. The molecule has 0 aliphatic rings. The Morgan fingerprint density at radius 3 is 3.06 bits per heavy atom. The number of aromatic nitrogens is 3. The Bertz CT molecular complexity index is 420. The van der Waals surface area contributed by atoms with E-state index in [0.717, 1.165) is 23.2 Å². The monoisotopic (exact) mass is 253 g/mol. The standard InChI is InChI=1S/C11H15N3S2/c1-8(2)7-16-11-12-10(13-14-11)6-9-4-3-5-15-9/h3-5,8H,6-7H2,1-2H3,(H,12,13,14). The van der Waals surface area contributed by atoms with Crippen molar-refractivity contribution in [3.05, 3.63) is 28.2 Å². The third-order valence-corrected chi connectivity index (χ3v) is 4.13. The zero-order chi connectivity index (χ0) is 11.4. The van der Waals surface area contributed by atoms with Crippen molar-refractivity contribution >= 4 is 23.1 Å². The molecule has 0 spiro atoms. The molecule has 0 unspecified atom stereocenters. The molecule has 0 aliphatic heterocycles. The minimum atomic E-state index is 0.671. The second kappa shape index (κ2) is 5.50. The van der Waals surface area contributed by atoms with Gasteiger partial charge < -0.3 is 0 Å². The van der Waals surface area contributed by atoms with Gasteiger partial charge in [0.15, 0.2) is 0 Å². The van der Waals surface area contributed by atoms with E-state index in [0.29, 0.717) is 5.92 Å². The van der Waals surface area contributed by atoms with Crippen LogP contribution in [0, 0.1) is 5.92 Å². The van der Waals surface area contributed by atoms with Gasteiger partial charge >= 0.3 is 0 Å². The maximum Gasteiger partial charge on any atom is 0.208 e. The Balaban J connectivity index is 1.92. The first-order valence-corrected chi connectivity index (χ1v) is 7.17. The topological polar surface area (TPSA) is 41.6 Å². The third kappa shape index (κ3) is 3.35. The quantitative estimate of drug-likeness (QED) is 0.832. The Morgan fingerprint density at radius 2 is 2.38 bits per heavy atom. The van der Waals surface area contributed by atoms with Crippen molar-refractivity contribution in [3.8, 4) is 0 Å². The summed E-state index contributed by atoms with van der Waals surface area (Å²) in [4.78, 5) is 5.78. The van der Waals surface area contributed by atoms with Crippen molar-refractivity contribution in [2.24, 2.45) is 5.92 Å². The molecule has 3 nitrogen and oxygen atoms in total. The lowest BCUT2D eigenvalue weighted by Crippen LogP contribution is -1.91. The van der Waals surface area contributed by atoms with E-state index in [2.05, 4.69) is 46.5 Å². The van der Waals surface area contributed by atoms with Crippen LogP contribution in [-0.2, 0) is 6.42 Å². The number of H-pyrrole nitrogens is 1. The van der Waals surface area contributed by atoms with Crippen LogP contribution in [0.1, 0.15) is 24.5 Å². The van der Waals surface area contributed by atoms with Gasteiger partial charge in [-0.2, -0.15) is 0 Å². The first-order valence-electron chi connectivity index (χ1n) is 5.30. The van der Waals surface area contributed by atoms with Crippen LogP contribution in [0.15, 0.2) is 22.7 Å². The summed E-state index contributed by atoms with van der Waals surface area (Å²) in [5, 5.41) is 10.1. The SMILES string of the molecule is CC(C)CSc1n[nH]c(Cc2cccs2)n1. The number of rotatable bonds is 5. The molecule has 0 radical (unpaired) electrons. The number of hydrogen-bond acceptors (Lipinski definition) is 4. The van der Waals surface area contributed by atoms with Crippen molar-refractivity contribution in [2.45, 2.75) is 25.4 Å². The summed E-state index contributed by atoms with van der Waals surface area (Å²) in [7, 11) is 0. The normalized spacial score (nSPS) is 11.2. The lowest BCUT2D eigenvalue weighted by atomic mass is 10.3. The highest BCUT2D eigenvalue weighted by Gasteiger charge is 2.06. The van der Waals surface area contributed by atoms with E-state index in [1.54, 1.807) is 23.1 Å². The van der Waals surface area contributed by atoms with Crippen LogP contribution in [0.2, 0.25) is 0 Å². The average Bonchev–Trinajstić information content (AvgIpc) is 2.87. The summed E-state index contributed by atoms with van der Waals surface area (Å²) in [6.07, 6.45) is 0.854. The first kappa shape index (κ1) is 11.7. The molecular formula is C11H15N3S2. The van der Waals surface area contributed by atoms with Crippen molar-refractivity contribution < 1.29 is 0 Å². The maximum atomic E-state index is 4.46. The van der Waals surface area contributed by atoms with Crippen LogP contribution in [0.3, 0.4) is 0 Å². The van der Waals surface area contributed by atoms with E-state index in [1.807, 2.05) is 0 Å². The van der Waals surface area contributed by atoms with Gasteiger partial charge in [0.1, 0.15) is 5.82 Å². The minimum absolute atomic E-state index is 0.671. The van der Waals surface area contributed by atoms with E-state index in [4.69, 9.17) is 0 Å². The number of thioether (sulfide) groups is 1. The molecule has 2 aromatic rings. The number of hydrogen-bond donors (Lipinski definition) is 1. The van der Waals surface area contributed by atoms with E-state index >= 15 is 0 Å². The fourth-order valence-electron chi connectivity index (χ4n) is 1.24. The van der Waals surface area contributed by atoms with Gasteiger partial charge in [0.05, 0.1) is 0 Å². The lowest BCUT2D eigenvalue weighted by Gasteiger charge is -1.98. The number of nitrogens with zero attached hydrogens (tertiary/aromatic N) is 2. The molecule has 0 fully saturated rings. The second-order valence-corrected chi connectivity index (χ2v) is 6.05. The molecule has 1 N–H and O–H groups in total. The van der Waals surface area contributed by atoms with E-state index < -0.39 is 0 Å². The van der Waals surface area contributed by atoms with E-state index in [9.17, 15) is 0 Å². The molecule has 0 bridgehead atoms. The molecule has 0 saturated carbocycles. The molecule has 2 heterocycles. The Hall–Kier alpha value is -0.810. The van der Waals surface area contributed by atoms with Gasteiger partial charge in [-0.3, -0.25) is 5.10 Å². The first-order chi connectivity index (χ1) is 7.74. The minimum Gasteiger partial charge on any atom is -0.262 e. The zero-order valence-corrected chi connectivity index (χ0v) is 11.1. The van der Waals surface area contributed by atoms with Crippen LogP contribution in [0.25, 0.3) is 0 Å². The van der Waals surface area contributed by atoms with Crippen LogP contribution < -0.4 is 0 Å². The van der Waals surface area contributed by atoms with Crippen LogP contribution in [-0.4, -0.2) is 20.9 Å². The van der Waals surface area contributed by atoms with Crippen LogP contribution in [0.5, 0.6) is 0 Å². The molecule has 16 heavy (non-hydrogen) atoms. The lowest BCUT2D eigenvalue weighted by molar-refractivity contribution is 0.748. The molecule has 0 aromatic carbocycles. The summed E-state index contributed by atoms with van der Waals surface area (Å²) in [6, 6.07) is 4.18. The molecule has 0 saturated heterocycles. The third-order valence-electron chi connectivity index (χ3n) is 1.98. The zero-order valence-electron chi connectivity index (χ0n) is 9.43. The highest BCUT2D eigenvalue weighted by molar-refractivity contribution is 7.99. The predicted molar refractivity (Wildman–Crippen MR) is 69.1 cm³/mol. The molecule has 86 valence electrons. The maximum absolute atomic E-state index is 4.46. The number of thiophene rings is 1. The van der Waals surface area contributed by atoms with Gasteiger partial charge in [0.2, 0.25) is 5.16 Å². The molecular weight excluding hydrogens is 238 g/mol. The molecule has 2 rings (SSSR count). The van der Waals surface area contributed by atoms with E-state index in [1.165, 1.54) is 4.88 Å². The molecule has 0 atom stereocenters. The summed E-state index contributed by atoms with van der Waals surface area (Å²) >= 11 is 3.46. The van der Waals surface area contributed by atoms with Crippen molar-refractivity contribution in [3.63, 3.8) is 0 Å². The summed E-state index contributed by atoms with van der Waals surface area (Å²) in [5.74, 6) is 2.69. The van der Waals surface area contributed by atoms with Gasteiger partial charge in [-0.25, -0.2) is 4.98 Å². The summed E-state index contributed by atoms with van der Waals surface area (Å²) < 4.78 is 0. The predicted octanol–water partition coefficient (Wildman–Crippen LogP) is 3.21. The Morgan fingerprint density at radius 1 is 1.50 bits per heavy atom. The Labute approximate surface area is 104 Å². The largest absolute Gasteiger partial charge is 0.262 e. The smallest absolute Gasteiger partial charge is 0.208 e.